The van der Waals surface area contributed by atoms with E-state index in [0.717, 1.165) is 77.3 Å². The number of nitrogens with zero attached hydrogens (tertiary/aromatic N) is 1. The molecular formula is C40H64N2O4. The monoisotopic (exact) mass is 636 g/mol. The summed E-state index contributed by atoms with van der Waals surface area (Å²) in [6.45, 7) is 5.97. The highest BCUT2D eigenvalue weighted by molar-refractivity contribution is 5.88. The summed E-state index contributed by atoms with van der Waals surface area (Å²) in [4.78, 5) is 27.1. The fourth-order valence-corrected chi connectivity index (χ4v) is 10.1. The molecule has 2 saturated carbocycles. The average molecular weight is 637 g/mol. The van der Waals surface area contributed by atoms with Crippen molar-refractivity contribution in [2.45, 2.75) is 167 Å². The molecule has 0 unspecified atom stereocenters. The van der Waals surface area contributed by atoms with Gasteiger partial charge in [-0.05, 0) is 117 Å². The molecule has 3 aliphatic carbocycles. The van der Waals surface area contributed by atoms with Crippen LogP contribution in [0.3, 0.4) is 0 Å². The number of hydrogen-bond donors (Lipinski definition) is 3. The Morgan fingerprint density at radius 1 is 0.935 bits per heavy atom. The maximum Gasteiger partial charge on any atom is 0.242 e. The van der Waals surface area contributed by atoms with E-state index in [0.29, 0.717) is 35.8 Å². The van der Waals surface area contributed by atoms with Crippen LogP contribution in [0.4, 0.5) is 0 Å². The standard InChI is InChI=1S/C40H64N2O4/c1-3-4-12-18-37(45)42-26-15-17-35(42)39(46)41-25-14-11-9-7-5-6-8-10-13-16-29-27-30-28-31(43)19-20-32(30)33-23-24-40(2)34(38(29)33)21-22-36(40)44/h19-20,28-29,33-36,38,43-44H,3-18,21-27H2,1-2H3,(H,41,46)/t29-,33-,34+,35+,36+,38-,40+/m1/s1. The molecule has 258 valence electrons. The molecule has 6 heteroatoms. The van der Waals surface area contributed by atoms with Crippen LogP contribution in [-0.2, 0) is 16.0 Å². The van der Waals surface area contributed by atoms with Gasteiger partial charge in [-0.1, -0.05) is 84.1 Å². The number of fused-ring (bicyclic) bond motifs is 5. The number of carbonyl (C=O) groups excluding carboxylic acids is 2. The van der Waals surface area contributed by atoms with Gasteiger partial charge >= 0.3 is 0 Å². The number of hydrogen-bond acceptors (Lipinski definition) is 4. The maximum absolute atomic E-state index is 12.7. The van der Waals surface area contributed by atoms with Gasteiger partial charge in [-0.15, -0.1) is 0 Å². The summed E-state index contributed by atoms with van der Waals surface area (Å²) in [5.41, 5.74) is 2.95. The molecule has 1 heterocycles. The zero-order chi connectivity index (χ0) is 32.5. The van der Waals surface area contributed by atoms with E-state index in [9.17, 15) is 19.8 Å². The number of aromatic hydroxyl groups is 1. The molecule has 0 aromatic heterocycles. The van der Waals surface area contributed by atoms with Crippen molar-refractivity contribution in [3.05, 3.63) is 29.3 Å². The van der Waals surface area contributed by atoms with Gasteiger partial charge in [-0.25, -0.2) is 0 Å². The summed E-state index contributed by atoms with van der Waals surface area (Å²) in [5.74, 6) is 3.16. The highest BCUT2D eigenvalue weighted by atomic mass is 16.3. The smallest absolute Gasteiger partial charge is 0.242 e. The highest BCUT2D eigenvalue weighted by Crippen LogP contribution is 2.62. The summed E-state index contributed by atoms with van der Waals surface area (Å²) >= 11 is 0. The Labute approximate surface area is 279 Å². The quantitative estimate of drug-likeness (QED) is 0.150. The molecule has 3 fully saturated rings. The number of amides is 2. The van der Waals surface area contributed by atoms with Crippen molar-refractivity contribution in [3.63, 3.8) is 0 Å². The Balaban J connectivity index is 0.943. The van der Waals surface area contributed by atoms with E-state index < -0.39 is 0 Å². The first-order chi connectivity index (χ1) is 22.3. The van der Waals surface area contributed by atoms with Gasteiger partial charge in [0, 0.05) is 19.5 Å². The van der Waals surface area contributed by atoms with Crippen molar-refractivity contribution in [1.29, 1.82) is 0 Å². The number of nitrogens with one attached hydrogen (secondary N) is 1. The predicted molar refractivity (Wildman–Crippen MR) is 186 cm³/mol. The first-order valence-corrected chi connectivity index (χ1v) is 19.4. The molecule has 7 atom stereocenters. The number of aliphatic hydroxyl groups excluding tert-OH is 1. The normalized spacial score (nSPS) is 30.1. The van der Waals surface area contributed by atoms with Crippen LogP contribution in [-0.4, -0.2) is 52.2 Å². The highest BCUT2D eigenvalue weighted by Gasteiger charge is 2.56. The number of likely N-dealkylation sites (tertiary alicyclic amines) is 1. The van der Waals surface area contributed by atoms with Crippen LogP contribution >= 0.6 is 0 Å². The molecule has 1 aromatic carbocycles. The van der Waals surface area contributed by atoms with Crippen LogP contribution in [0.5, 0.6) is 5.75 Å². The molecule has 46 heavy (non-hydrogen) atoms. The summed E-state index contributed by atoms with van der Waals surface area (Å²) in [5, 5.41) is 24.3. The minimum atomic E-state index is -0.253. The van der Waals surface area contributed by atoms with Gasteiger partial charge in [0.25, 0.3) is 0 Å². The third kappa shape index (κ3) is 8.31. The second-order valence-electron chi connectivity index (χ2n) is 15.7. The first kappa shape index (κ1) is 35.2. The molecular weight excluding hydrogens is 572 g/mol. The summed E-state index contributed by atoms with van der Waals surface area (Å²) in [6, 6.07) is 5.86. The Morgan fingerprint density at radius 3 is 2.43 bits per heavy atom. The van der Waals surface area contributed by atoms with Crippen LogP contribution in [0.15, 0.2) is 18.2 Å². The largest absolute Gasteiger partial charge is 0.508 e. The Kier molecular flexibility index (Phi) is 12.9. The van der Waals surface area contributed by atoms with Gasteiger partial charge in [0.2, 0.25) is 11.8 Å². The van der Waals surface area contributed by atoms with Gasteiger partial charge < -0.3 is 20.4 Å². The summed E-state index contributed by atoms with van der Waals surface area (Å²) in [6.07, 6.45) is 23.3. The number of aliphatic hydroxyl groups is 1. The number of phenols is 1. The van der Waals surface area contributed by atoms with Crippen molar-refractivity contribution in [1.82, 2.24) is 10.2 Å². The zero-order valence-corrected chi connectivity index (χ0v) is 29.1. The van der Waals surface area contributed by atoms with E-state index in [1.807, 2.05) is 17.0 Å². The molecule has 2 amide bonds. The Bertz CT molecular complexity index is 1140. The average Bonchev–Trinajstić information content (AvgIpc) is 3.66. The molecule has 3 N–H and O–H groups in total. The van der Waals surface area contributed by atoms with E-state index in [2.05, 4.69) is 25.2 Å². The minimum absolute atomic E-state index is 0.0470. The second kappa shape index (κ2) is 16.8. The van der Waals surface area contributed by atoms with E-state index in [1.165, 1.54) is 75.3 Å². The van der Waals surface area contributed by atoms with Gasteiger partial charge in [0.15, 0.2) is 0 Å². The molecule has 1 aliphatic heterocycles. The molecule has 0 radical (unpaired) electrons. The third-order valence-corrected chi connectivity index (χ3v) is 12.8. The second-order valence-corrected chi connectivity index (χ2v) is 15.7. The van der Waals surface area contributed by atoms with Crippen molar-refractivity contribution in [2.24, 2.45) is 23.2 Å². The number of carbonyl (C=O) groups is 2. The summed E-state index contributed by atoms with van der Waals surface area (Å²) in [7, 11) is 0. The predicted octanol–water partition coefficient (Wildman–Crippen LogP) is 8.42. The lowest BCUT2D eigenvalue weighted by atomic mass is 9.52. The van der Waals surface area contributed by atoms with Gasteiger partial charge in [0.1, 0.15) is 11.8 Å². The van der Waals surface area contributed by atoms with Crippen molar-refractivity contribution < 1.29 is 19.8 Å². The van der Waals surface area contributed by atoms with Crippen LogP contribution < -0.4 is 5.32 Å². The van der Waals surface area contributed by atoms with Crippen LogP contribution in [0, 0.1) is 23.2 Å². The Morgan fingerprint density at radius 2 is 1.67 bits per heavy atom. The lowest BCUT2D eigenvalue weighted by molar-refractivity contribution is -0.138. The molecule has 0 bridgehead atoms. The lowest BCUT2D eigenvalue weighted by Gasteiger charge is -2.53. The number of rotatable bonds is 17. The topological polar surface area (TPSA) is 89.9 Å². The zero-order valence-electron chi connectivity index (χ0n) is 29.1. The maximum atomic E-state index is 12.7. The number of benzene rings is 1. The number of unbranched alkanes of at least 4 members (excludes halogenated alkanes) is 10. The van der Waals surface area contributed by atoms with Crippen LogP contribution in [0.25, 0.3) is 0 Å². The molecule has 4 aliphatic rings. The number of phenolic OH excluding ortho intramolecular Hbond substituents is 1. The first-order valence-electron chi connectivity index (χ1n) is 19.4. The molecule has 1 saturated heterocycles. The molecule has 1 aromatic rings. The van der Waals surface area contributed by atoms with Crippen molar-refractivity contribution in [3.8, 4) is 5.75 Å². The van der Waals surface area contributed by atoms with Crippen molar-refractivity contribution >= 4 is 11.8 Å². The van der Waals surface area contributed by atoms with E-state index in [4.69, 9.17) is 0 Å². The molecule has 0 spiro atoms. The van der Waals surface area contributed by atoms with E-state index in [-0.39, 0.29) is 29.4 Å². The van der Waals surface area contributed by atoms with Gasteiger partial charge in [0.05, 0.1) is 6.10 Å². The van der Waals surface area contributed by atoms with E-state index in [1.54, 1.807) is 0 Å². The van der Waals surface area contributed by atoms with Crippen molar-refractivity contribution in [2.75, 3.05) is 13.1 Å². The van der Waals surface area contributed by atoms with E-state index >= 15 is 0 Å². The lowest BCUT2D eigenvalue weighted by Crippen LogP contribution is -2.47. The Hall–Kier alpha value is -2.08. The third-order valence-electron chi connectivity index (χ3n) is 12.8. The van der Waals surface area contributed by atoms with Gasteiger partial charge in [-0.2, -0.15) is 0 Å². The minimum Gasteiger partial charge on any atom is -0.508 e. The fraction of sp³-hybridized carbons (Fsp3) is 0.800. The molecule has 6 nitrogen and oxygen atoms in total. The SMILES string of the molecule is CCCCCC(=O)N1CCC[C@H]1C(=O)NCCCCCCCCCCC[C@@H]1Cc2cc(O)ccc2[C@H]2CC[C@]3(C)[C@@H](O)CC[C@H]3[C@H]12. The molecule has 5 rings (SSSR count). The van der Waals surface area contributed by atoms with Gasteiger partial charge in [-0.3, -0.25) is 9.59 Å². The summed E-state index contributed by atoms with van der Waals surface area (Å²) < 4.78 is 0. The van der Waals surface area contributed by atoms with Crippen LogP contribution in [0.1, 0.15) is 159 Å². The fourth-order valence-electron chi connectivity index (χ4n) is 10.1. The van der Waals surface area contributed by atoms with Crippen LogP contribution in [0.2, 0.25) is 0 Å².